The molecule has 73 heavy (non-hydrogen) atoms. The lowest BCUT2D eigenvalue weighted by molar-refractivity contribution is 0.669. The zero-order valence-electron chi connectivity index (χ0n) is 39.9. The summed E-state index contributed by atoms with van der Waals surface area (Å²) in [6.07, 6.45) is 0. The third-order valence-electron chi connectivity index (χ3n) is 14.6. The summed E-state index contributed by atoms with van der Waals surface area (Å²) >= 11 is 0. The average Bonchev–Trinajstić information content (AvgIpc) is 4.03. The van der Waals surface area contributed by atoms with Gasteiger partial charge in [0.2, 0.25) is 0 Å². The lowest BCUT2D eigenvalue weighted by Gasteiger charge is -2.26. The van der Waals surface area contributed by atoms with Crippen LogP contribution in [-0.4, -0.2) is 4.57 Å². The first kappa shape index (κ1) is 42.2. The molecule has 0 saturated carbocycles. The zero-order valence-corrected chi connectivity index (χ0v) is 39.9. The maximum absolute atomic E-state index is 6.83. The van der Waals surface area contributed by atoms with E-state index >= 15 is 0 Å². The number of hydrogen-bond donors (Lipinski definition) is 0. The van der Waals surface area contributed by atoms with Crippen molar-refractivity contribution in [2.24, 2.45) is 0 Å². The molecule has 2 heterocycles. The number of anilines is 3. The van der Waals surface area contributed by atoms with E-state index in [0.717, 1.165) is 55.7 Å². The van der Waals surface area contributed by atoms with Crippen molar-refractivity contribution in [3.63, 3.8) is 0 Å². The maximum Gasteiger partial charge on any atom is 0.159 e. The van der Waals surface area contributed by atoms with Crippen LogP contribution >= 0.6 is 0 Å². The molecule has 2 aromatic heterocycles. The van der Waals surface area contributed by atoms with Gasteiger partial charge in [-0.2, -0.15) is 0 Å². The fraction of sp³-hybridized carbons (Fsp3) is 0. The summed E-state index contributed by atoms with van der Waals surface area (Å²) in [7, 11) is 0. The van der Waals surface area contributed by atoms with Crippen molar-refractivity contribution in [1.29, 1.82) is 0 Å². The molecule has 0 aliphatic rings. The Hall–Kier alpha value is -9.70. The Balaban J connectivity index is 0.769. The number of rotatable bonds is 9. The molecule has 0 unspecified atom stereocenters. The van der Waals surface area contributed by atoms with Gasteiger partial charge in [0.25, 0.3) is 0 Å². The lowest BCUT2D eigenvalue weighted by Crippen LogP contribution is -2.10. The van der Waals surface area contributed by atoms with Crippen molar-refractivity contribution >= 4 is 71.6 Å². The Bertz CT molecular complexity index is 4310. The number of furan rings is 1. The van der Waals surface area contributed by atoms with Crippen molar-refractivity contribution in [3.8, 4) is 61.3 Å². The Morgan fingerprint density at radius 3 is 1.32 bits per heavy atom. The highest BCUT2D eigenvalue weighted by atomic mass is 16.3. The minimum absolute atomic E-state index is 0.857. The molecule has 3 heteroatoms. The number of fused-ring (bicyclic) bond motifs is 8. The van der Waals surface area contributed by atoms with Crippen LogP contribution in [0.25, 0.3) is 116 Å². The van der Waals surface area contributed by atoms with E-state index in [2.05, 4.69) is 289 Å². The van der Waals surface area contributed by atoms with Gasteiger partial charge in [0.05, 0.1) is 16.7 Å². The minimum Gasteiger partial charge on any atom is -0.454 e. The molecule has 12 aromatic carbocycles. The lowest BCUT2D eigenvalue weighted by atomic mass is 9.97. The van der Waals surface area contributed by atoms with E-state index in [-0.39, 0.29) is 0 Å². The van der Waals surface area contributed by atoms with Gasteiger partial charge in [0.15, 0.2) is 5.58 Å². The van der Waals surface area contributed by atoms with Gasteiger partial charge >= 0.3 is 0 Å². The minimum atomic E-state index is 0.857. The molecule has 0 saturated heterocycles. The summed E-state index contributed by atoms with van der Waals surface area (Å²) in [5.41, 5.74) is 20.2. The van der Waals surface area contributed by atoms with Crippen LogP contribution in [0.2, 0.25) is 0 Å². The number of aromatic nitrogens is 1. The number of nitrogens with zero attached hydrogens (tertiary/aromatic N) is 2. The Morgan fingerprint density at radius 1 is 0.288 bits per heavy atom. The molecular weight excluding hydrogens is 885 g/mol. The second kappa shape index (κ2) is 17.6. The normalized spacial score (nSPS) is 11.6. The molecule has 14 aromatic rings. The molecule has 342 valence electrons. The van der Waals surface area contributed by atoms with Crippen LogP contribution in [0.5, 0.6) is 0 Å². The van der Waals surface area contributed by atoms with E-state index in [4.69, 9.17) is 4.42 Å². The van der Waals surface area contributed by atoms with Crippen molar-refractivity contribution in [2.45, 2.75) is 0 Å². The van der Waals surface area contributed by atoms with Gasteiger partial charge in [-0.1, -0.05) is 212 Å². The molecule has 3 nitrogen and oxygen atoms in total. The average molecular weight is 931 g/mol. The van der Waals surface area contributed by atoms with Crippen LogP contribution in [0.3, 0.4) is 0 Å². The second-order valence-corrected chi connectivity index (χ2v) is 18.9. The molecule has 0 amide bonds. The van der Waals surface area contributed by atoms with E-state index in [1.165, 1.54) is 77.2 Å². The predicted octanol–water partition coefficient (Wildman–Crippen LogP) is 19.6. The molecule has 0 atom stereocenters. The van der Waals surface area contributed by atoms with Crippen molar-refractivity contribution < 1.29 is 4.42 Å². The first-order valence-corrected chi connectivity index (χ1v) is 25.0. The molecule has 0 aliphatic carbocycles. The smallest absolute Gasteiger partial charge is 0.159 e. The Labute approximate surface area is 423 Å². The van der Waals surface area contributed by atoms with Crippen LogP contribution in [0, 0.1) is 0 Å². The SMILES string of the molecule is c1ccc(-c2ccc(-c3ccc(N(c4ccc(-c5ccc(-c6ccc(-c7ccc8c(c7)c7ccccc7n8-c7ccccc7)cc6)cc5)cc4)c4cccc5c4oc4ccc6ccccc6c45)cc3)cc2)cc1. The molecule has 0 fully saturated rings. The van der Waals surface area contributed by atoms with Gasteiger partial charge in [-0.05, 0) is 133 Å². The van der Waals surface area contributed by atoms with E-state index in [0.29, 0.717) is 0 Å². The summed E-state index contributed by atoms with van der Waals surface area (Å²) < 4.78 is 9.19. The van der Waals surface area contributed by atoms with Crippen LogP contribution in [0.4, 0.5) is 17.1 Å². The zero-order chi connectivity index (χ0) is 48.2. The fourth-order valence-electron chi connectivity index (χ4n) is 11.0. The highest BCUT2D eigenvalue weighted by Gasteiger charge is 2.21. The Kier molecular flexibility index (Phi) is 10.2. The van der Waals surface area contributed by atoms with E-state index in [9.17, 15) is 0 Å². The monoisotopic (exact) mass is 930 g/mol. The van der Waals surface area contributed by atoms with Gasteiger partial charge in [-0.15, -0.1) is 0 Å². The van der Waals surface area contributed by atoms with E-state index in [1.807, 2.05) is 0 Å². The molecule has 0 bridgehead atoms. The number of benzene rings is 12. The molecule has 0 N–H and O–H groups in total. The fourth-order valence-corrected chi connectivity index (χ4v) is 11.0. The summed E-state index contributed by atoms with van der Waals surface area (Å²) in [5.74, 6) is 0. The van der Waals surface area contributed by atoms with Crippen LogP contribution in [-0.2, 0) is 0 Å². The van der Waals surface area contributed by atoms with Gasteiger partial charge in [-0.25, -0.2) is 0 Å². The standard InChI is InChI=1S/C70H46N2O/c1-3-12-47(13-4-1)48-22-24-51(25-23-48)53-34-40-59(41-35-53)71(67-21-11-19-63-69-61-17-8-7-14-56(61)39-45-68(69)73-70(63)67)60-42-36-54(37-43-60)52-28-26-49(27-29-52)50-30-32-55(33-31-50)57-38-44-66-64(46-57)62-18-9-10-20-65(62)72(66)58-15-5-2-6-16-58/h1-46H. The molecule has 0 spiro atoms. The van der Waals surface area contributed by atoms with Crippen LogP contribution in [0.15, 0.2) is 283 Å². The summed E-state index contributed by atoms with van der Waals surface area (Å²) in [6, 6.07) is 101. The summed E-state index contributed by atoms with van der Waals surface area (Å²) in [6.45, 7) is 0. The van der Waals surface area contributed by atoms with E-state index < -0.39 is 0 Å². The highest BCUT2D eigenvalue weighted by Crippen LogP contribution is 2.45. The van der Waals surface area contributed by atoms with Gasteiger partial charge < -0.3 is 13.9 Å². The quantitative estimate of drug-likeness (QED) is 0.144. The first-order chi connectivity index (χ1) is 36.2. The Morgan fingerprint density at radius 2 is 0.726 bits per heavy atom. The predicted molar refractivity (Wildman–Crippen MR) is 307 cm³/mol. The largest absolute Gasteiger partial charge is 0.454 e. The van der Waals surface area contributed by atoms with Crippen LogP contribution < -0.4 is 4.90 Å². The van der Waals surface area contributed by atoms with Crippen molar-refractivity contribution in [2.75, 3.05) is 4.90 Å². The van der Waals surface area contributed by atoms with Gasteiger partial charge in [-0.3, -0.25) is 0 Å². The maximum atomic E-state index is 6.83. The van der Waals surface area contributed by atoms with Gasteiger partial charge in [0.1, 0.15) is 5.58 Å². The third-order valence-corrected chi connectivity index (χ3v) is 14.6. The molecule has 0 radical (unpaired) electrons. The first-order valence-electron chi connectivity index (χ1n) is 25.0. The molecule has 0 aliphatic heterocycles. The summed E-state index contributed by atoms with van der Waals surface area (Å²) in [5, 5.41) is 7.14. The number of hydrogen-bond acceptors (Lipinski definition) is 2. The van der Waals surface area contributed by atoms with Crippen LogP contribution in [0.1, 0.15) is 0 Å². The molecule has 14 rings (SSSR count). The third kappa shape index (κ3) is 7.46. The highest BCUT2D eigenvalue weighted by molar-refractivity contribution is 6.21. The molecular formula is C70H46N2O. The number of para-hydroxylation sites is 3. The van der Waals surface area contributed by atoms with E-state index in [1.54, 1.807) is 0 Å². The summed E-state index contributed by atoms with van der Waals surface area (Å²) in [4.78, 5) is 2.33. The van der Waals surface area contributed by atoms with Crippen molar-refractivity contribution in [1.82, 2.24) is 4.57 Å². The second-order valence-electron chi connectivity index (χ2n) is 18.9. The van der Waals surface area contributed by atoms with Gasteiger partial charge in [0, 0.05) is 38.6 Å². The topological polar surface area (TPSA) is 21.3 Å². The van der Waals surface area contributed by atoms with Crippen molar-refractivity contribution in [3.05, 3.63) is 279 Å².